The van der Waals surface area contributed by atoms with Gasteiger partial charge in [0, 0.05) is 16.2 Å². The Balaban J connectivity index is 1.61. The highest BCUT2D eigenvalue weighted by atomic mass is 32.2. The normalized spacial score (nSPS) is 21.1. The van der Waals surface area contributed by atoms with Crippen molar-refractivity contribution in [2.45, 2.75) is 54.5 Å². The Bertz CT molecular complexity index is 1130. The van der Waals surface area contributed by atoms with Crippen LogP contribution in [0.2, 0.25) is 0 Å². The number of nitrogens with one attached hydrogen (secondary N) is 2. The van der Waals surface area contributed by atoms with Crippen LogP contribution in [-0.2, 0) is 14.8 Å². The lowest BCUT2D eigenvalue weighted by Gasteiger charge is -2.27. The number of amidine groups is 1. The minimum absolute atomic E-state index is 0.164. The van der Waals surface area contributed by atoms with Crippen molar-refractivity contribution >= 4 is 33.5 Å². The molecule has 2 aromatic rings. The van der Waals surface area contributed by atoms with Gasteiger partial charge in [0.15, 0.2) is 0 Å². The Morgan fingerprint density at radius 3 is 2.94 bits per heavy atom. The highest BCUT2D eigenvalue weighted by Crippen LogP contribution is 2.36. The smallest absolute Gasteiger partial charge is 0.263 e. The Hall–Kier alpha value is -2.39. The van der Waals surface area contributed by atoms with Gasteiger partial charge in [-0.05, 0) is 48.7 Å². The summed E-state index contributed by atoms with van der Waals surface area (Å²) in [6, 6.07) is 10.2. The molecule has 4 rings (SSSR count). The zero-order valence-corrected chi connectivity index (χ0v) is 18.7. The van der Waals surface area contributed by atoms with Crippen molar-refractivity contribution in [1.82, 2.24) is 10.0 Å². The standard InChI is InChI=1S/C22H24FN3O3S2/c1-2-3-7-18(24-21-15-6-4-5-8-20(15)31(28,29)26-21)22(27)25-17-11-12-30-19-10-9-14(23)13-16(17)19/h4-6,8-10,13,17-18H,2-3,7,11-12H2,1H3,(H,24,26)(H,25,27). The van der Waals surface area contributed by atoms with Gasteiger partial charge < -0.3 is 5.32 Å². The van der Waals surface area contributed by atoms with Gasteiger partial charge in [-0.15, -0.1) is 11.8 Å². The van der Waals surface area contributed by atoms with E-state index in [9.17, 15) is 17.6 Å². The van der Waals surface area contributed by atoms with Gasteiger partial charge in [-0.1, -0.05) is 31.9 Å². The van der Waals surface area contributed by atoms with Crippen LogP contribution in [0.1, 0.15) is 49.8 Å². The number of aliphatic imine (C=N–C) groups is 1. The predicted molar refractivity (Wildman–Crippen MR) is 119 cm³/mol. The van der Waals surface area contributed by atoms with Crippen molar-refractivity contribution in [1.29, 1.82) is 0 Å². The average Bonchev–Trinajstić information content (AvgIpc) is 3.01. The van der Waals surface area contributed by atoms with Crippen molar-refractivity contribution in [3.8, 4) is 0 Å². The summed E-state index contributed by atoms with van der Waals surface area (Å²) >= 11 is 1.65. The Labute approximate surface area is 185 Å². The molecule has 2 aliphatic heterocycles. The van der Waals surface area contributed by atoms with Gasteiger partial charge >= 0.3 is 0 Å². The second-order valence-electron chi connectivity index (χ2n) is 7.62. The number of sulfonamides is 1. The van der Waals surface area contributed by atoms with Gasteiger partial charge in [0.25, 0.3) is 10.0 Å². The van der Waals surface area contributed by atoms with Gasteiger partial charge in [-0.3, -0.25) is 14.5 Å². The van der Waals surface area contributed by atoms with E-state index >= 15 is 0 Å². The number of fused-ring (bicyclic) bond motifs is 2. The average molecular weight is 462 g/mol. The van der Waals surface area contributed by atoms with Gasteiger partial charge in [-0.2, -0.15) is 0 Å². The number of thioether (sulfide) groups is 1. The number of carbonyl (C=O) groups excluding carboxylic acids is 1. The molecule has 0 bridgehead atoms. The maximum Gasteiger partial charge on any atom is 0.263 e. The molecule has 164 valence electrons. The number of nitrogens with zero attached hydrogens (tertiary/aromatic N) is 1. The SMILES string of the molecule is CCCCC(N=C1NS(=O)(=O)c2ccccc21)C(=O)NC1CCSc2ccc(F)cc21. The van der Waals surface area contributed by atoms with Crippen LogP contribution < -0.4 is 10.0 Å². The molecule has 0 aromatic heterocycles. The summed E-state index contributed by atoms with van der Waals surface area (Å²) in [5, 5.41) is 3.03. The van der Waals surface area contributed by atoms with Crippen LogP contribution in [0.15, 0.2) is 57.2 Å². The molecule has 2 atom stereocenters. The molecule has 6 nitrogen and oxygen atoms in total. The van der Waals surface area contributed by atoms with Crippen LogP contribution in [0, 0.1) is 5.82 Å². The van der Waals surface area contributed by atoms with Gasteiger partial charge in [0.1, 0.15) is 17.7 Å². The largest absolute Gasteiger partial charge is 0.347 e. The fourth-order valence-electron chi connectivity index (χ4n) is 3.82. The lowest BCUT2D eigenvalue weighted by atomic mass is 10.0. The molecule has 0 aliphatic carbocycles. The molecule has 9 heteroatoms. The molecule has 2 aromatic carbocycles. The van der Waals surface area contributed by atoms with E-state index in [4.69, 9.17) is 0 Å². The summed E-state index contributed by atoms with van der Waals surface area (Å²) in [5.41, 5.74) is 1.25. The van der Waals surface area contributed by atoms with Crippen LogP contribution in [-0.4, -0.2) is 32.0 Å². The monoisotopic (exact) mass is 461 g/mol. The fourth-order valence-corrected chi connectivity index (χ4v) is 6.17. The van der Waals surface area contributed by atoms with Crippen molar-refractivity contribution < 1.29 is 17.6 Å². The van der Waals surface area contributed by atoms with Crippen molar-refractivity contribution in [2.24, 2.45) is 4.99 Å². The quantitative estimate of drug-likeness (QED) is 0.685. The van der Waals surface area contributed by atoms with E-state index in [1.54, 1.807) is 36.0 Å². The molecule has 2 unspecified atom stereocenters. The number of benzene rings is 2. The molecule has 0 saturated carbocycles. The van der Waals surface area contributed by atoms with Crippen LogP contribution in [0.25, 0.3) is 0 Å². The van der Waals surface area contributed by atoms with Crippen LogP contribution in [0.5, 0.6) is 0 Å². The van der Waals surface area contributed by atoms with E-state index in [1.165, 1.54) is 18.2 Å². The summed E-state index contributed by atoms with van der Waals surface area (Å²) in [6.45, 7) is 2.02. The molecule has 2 N–H and O–H groups in total. The number of amides is 1. The van der Waals surface area contributed by atoms with E-state index in [2.05, 4.69) is 15.0 Å². The Morgan fingerprint density at radius 2 is 2.13 bits per heavy atom. The highest BCUT2D eigenvalue weighted by Gasteiger charge is 2.32. The summed E-state index contributed by atoms with van der Waals surface area (Å²) in [5.74, 6) is 0.402. The highest BCUT2D eigenvalue weighted by molar-refractivity contribution is 7.99. The summed E-state index contributed by atoms with van der Waals surface area (Å²) < 4.78 is 41.0. The summed E-state index contributed by atoms with van der Waals surface area (Å²) in [6.07, 6.45) is 2.84. The maximum atomic E-state index is 13.8. The van der Waals surface area contributed by atoms with Crippen molar-refractivity contribution in [3.63, 3.8) is 0 Å². The number of hydrogen-bond acceptors (Lipinski definition) is 5. The lowest BCUT2D eigenvalue weighted by Crippen LogP contribution is -2.38. The minimum atomic E-state index is -3.68. The third kappa shape index (κ3) is 4.62. The molecule has 2 aliphatic rings. The van der Waals surface area contributed by atoms with Crippen molar-refractivity contribution in [3.05, 3.63) is 59.4 Å². The zero-order valence-electron chi connectivity index (χ0n) is 17.1. The molecule has 0 radical (unpaired) electrons. The van der Waals surface area contributed by atoms with Crippen LogP contribution in [0.3, 0.4) is 0 Å². The first-order valence-corrected chi connectivity index (χ1v) is 12.8. The van der Waals surface area contributed by atoms with E-state index in [1.807, 2.05) is 6.92 Å². The number of hydrogen-bond donors (Lipinski definition) is 2. The first-order chi connectivity index (χ1) is 14.9. The number of rotatable bonds is 6. The molecule has 0 saturated heterocycles. The first-order valence-electron chi connectivity index (χ1n) is 10.3. The van der Waals surface area contributed by atoms with E-state index in [0.29, 0.717) is 18.4 Å². The first kappa shape index (κ1) is 21.8. The van der Waals surface area contributed by atoms with E-state index < -0.39 is 16.1 Å². The van der Waals surface area contributed by atoms with Crippen LogP contribution >= 0.6 is 11.8 Å². The molecule has 1 amide bonds. The Morgan fingerprint density at radius 1 is 1.32 bits per heavy atom. The number of halogens is 1. The number of carbonyl (C=O) groups is 1. The third-order valence-corrected chi connectivity index (χ3v) is 7.93. The van der Waals surface area contributed by atoms with E-state index in [-0.39, 0.29) is 28.5 Å². The number of unbranched alkanes of at least 4 members (excludes halogenated alkanes) is 1. The van der Waals surface area contributed by atoms with E-state index in [0.717, 1.165) is 29.1 Å². The second kappa shape index (κ2) is 9.00. The fraction of sp³-hybridized carbons (Fsp3) is 0.364. The molecule has 0 fully saturated rings. The second-order valence-corrected chi connectivity index (χ2v) is 10.4. The summed E-state index contributed by atoms with van der Waals surface area (Å²) in [7, 11) is -3.68. The Kier molecular flexibility index (Phi) is 6.34. The zero-order chi connectivity index (χ0) is 22.0. The predicted octanol–water partition coefficient (Wildman–Crippen LogP) is 3.78. The maximum absolute atomic E-state index is 13.8. The molecule has 31 heavy (non-hydrogen) atoms. The van der Waals surface area contributed by atoms with Crippen molar-refractivity contribution in [2.75, 3.05) is 5.75 Å². The topological polar surface area (TPSA) is 87.6 Å². The molecular formula is C22H24FN3O3S2. The minimum Gasteiger partial charge on any atom is -0.347 e. The van der Waals surface area contributed by atoms with Gasteiger partial charge in [0.2, 0.25) is 5.91 Å². The summed E-state index contributed by atoms with van der Waals surface area (Å²) in [4.78, 5) is 18.8. The molecule has 2 heterocycles. The van der Waals surface area contributed by atoms with Crippen LogP contribution in [0.4, 0.5) is 4.39 Å². The molecule has 0 spiro atoms. The lowest BCUT2D eigenvalue weighted by molar-refractivity contribution is -0.123. The van der Waals surface area contributed by atoms with Gasteiger partial charge in [0.05, 0.1) is 10.9 Å². The third-order valence-electron chi connectivity index (χ3n) is 5.41. The molecular weight excluding hydrogens is 437 g/mol. The van der Waals surface area contributed by atoms with Gasteiger partial charge in [-0.25, -0.2) is 12.8 Å².